The molecule has 9 heteroatoms. The Morgan fingerprint density at radius 2 is 0.333 bits per heavy atom. The third-order valence-electron chi connectivity index (χ3n) is 12.9. The van der Waals surface area contributed by atoms with E-state index in [1.165, 1.54) is 215 Å². The first-order valence-corrected chi connectivity index (χ1v) is 38.1. The molecule has 4 nitrogen and oxygen atoms in total. The van der Waals surface area contributed by atoms with Gasteiger partial charge < -0.3 is 16.5 Å². The lowest BCUT2D eigenvalue weighted by molar-refractivity contribution is 0.259. The highest BCUT2D eigenvalue weighted by molar-refractivity contribution is 6.93. The van der Waals surface area contributed by atoms with Crippen molar-refractivity contribution in [2.75, 3.05) is 0 Å². The van der Waals surface area contributed by atoms with Crippen LogP contribution in [0.5, 0.6) is 0 Å². The van der Waals surface area contributed by atoms with E-state index in [-0.39, 0.29) is 0 Å². The molecule has 0 heterocycles. The van der Waals surface area contributed by atoms with Crippen LogP contribution in [-0.2, 0) is 16.5 Å². The Kier molecular flexibility index (Phi) is 36.0. The molecule has 0 spiro atoms. The summed E-state index contributed by atoms with van der Waals surface area (Å²) in [7, 11) is -12.2. The van der Waals surface area contributed by atoms with Crippen LogP contribution in [0.25, 0.3) is 0 Å². The van der Waals surface area contributed by atoms with E-state index in [1.807, 2.05) is 0 Å². The van der Waals surface area contributed by atoms with E-state index in [0.717, 1.165) is 12.1 Å². The maximum atomic E-state index is 8.54. The highest BCUT2D eigenvalue weighted by Gasteiger charge is 2.56. The van der Waals surface area contributed by atoms with Crippen LogP contribution in [0, 0.1) is 0 Å². The number of unbranched alkanes of at least 4 members (excludes halogenated alkanes) is 12. The lowest BCUT2D eigenvalue weighted by Crippen LogP contribution is -2.65. The summed E-state index contributed by atoms with van der Waals surface area (Å²) in [5.41, 5.74) is 0. The van der Waals surface area contributed by atoms with Crippen molar-refractivity contribution in [3.8, 4) is 0 Å². The van der Waals surface area contributed by atoms with Gasteiger partial charge in [-0.25, -0.2) is 0 Å². The van der Waals surface area contributed by atoms with Crippen LogP contribution in [0.4, 0.5) is 0 Å². The van der Waals surface area contributed by atoms with Crippen LogP contribution in [-0.4, -0.2) is 42.3 Å². The average molecular weight is 890 g/mol. The second-order valence-corrected chi connectivity index (χ2v) is 38.2. The van der Waals surface area contributed by atoms with E-state index in [2.05, 4.69) is 83.1 Å². The molecule has 0 unspecified atom stereocenters. The molecule has 344 valence electrons. The van der Waals surface area contributed by atoms with Crippen molar-refractivity contribution in [3.05, 3.63) is 0 Å². The Morgan fingerprint density at radius 1 is 0.193 bits per heavy atom. The molecule has 0 aromatic rings. The van der Waals surface area contributed by atoms with Gasteiger partial charge in [0.1, 0.15) is 0 Å². The van der Waals surface area contributed by atoms with E-state index in [0.29, 0.717) is 0 Å². The van der Waals surface area contributed by atoms with Gasteiger partial charge in [0.25, 0.3) is 0 Å². The van der Waals surface area contributed by atoms with Gasteiger partial charge in [-0.15, -0.1) is 0 Å². The van der Waals surface area contributed by atoms with Gasteiger partial charge in [0, 0.05) is 0 Å². The summed E-state index contributed by atoms with van der Waals surface area (Å²) >= 11 is 0. The Labute approximate surface area is 366 Å². The van der Waals surface area contributed by atoms with Gasteiger partial charge in [-0.2, -0.15) is 0 Å². The SMILES string of the molecule is CCCC[Si](CCCC)(CCCC)O[Si](CCCC)(CCCC)O[Si](CCCC)(CCCC)O[Si](CCCC)(CCCC)O[Si](CCCC)(CCCC)CCCC. The summed E-state index contributed by atoms with van der Waals surface area (Å²) in [5.74, 6) is 0. The zero-order chi connectivity index (χ0) is 42.8. The van der Waals surface area contributed by atoms with Crippen LogP contribution in [0.2, 0.25) is 72.5 Å². The molecule has 0 aliphatic heterocycles. The summed E-state index contributed by atoms with van der Waals surface area (Å²) in [6.07, 6.45) is 30.1. The van der Waals surface area contributed by atoms with Crippen LogP contribution in [0.15, 0.2) is 0 Å². The smallest absolute Gasteiger partial charge is 0.320 e. The fourth-order valence-electron chi connectivity index (χ4n) is 9.24. The molecule has 0 aromatic heterocycles. The predicted octanol–water partition coefficient (Wildman–Crippen LogP) is 18.9. The first-order valence-electron chi connectivity index (χ1n) is 26.4. The molecular formula is C48H108O4Si5. The minimum atomic E-state index is -2.78. The molecule has 0 fully saturated rings. The van der Waals surface area contributed by atoms with Gasteiger partial charge in [0.2, 0.25) is 0 Å². The molecule has 0 aromatic carbocycles. The minimum Gasteiger partial charge on any atom is -0.436 e. The quantitative estimate of drug-likeness (QED) is 0.0571. The minimum absolute atomic E-state index is 1.14. The monoisotopic (exact) mass is 889 g/mol. The fourth-order valence-corrected chi connectivity index (χ4v) is 43.5. The van der Waals surface area contributed by atoms with E-state index in [1.54, 1.807) is 0 Å². The second kappa shape index (κ2) is 35.4. The van der Waals surface area contributed by atoms with Crippen molar-refractivity contribution in [1.82, 2.24) is 0 Å². The van der Waals surface area contributed by atoms with Crippen LogP contribution >= 0.6 is 0 Å². The van der Waals surface area contributed by atoms with E-state index < -0.39 is 42.3 Å². The molecular weight excluding hydrogens is 781 g/mol. The number of hydrogen-bond acceptors (Lipinski definition) is 4. The summed E-state index contributed by atoms with van der Waals surface area (Å²) in [6.45, 7) is 28.8. The molecule has 0 bridgehead atoms. The van der Waals surface area contributed by atoms with Crippen molar-refractivity contribution < 1.29 is 16.5 Å². The molecule has 57 heavy (non-hydrogen) atoms. The first kappa shape index (κ1) is 57.9. The predicted molar refractivity (Wildman–Crippen MR) is 270 cm³/mol. The molecule has 0 saturated heterocycles. The van der Waals surface area contributed by atoms with Gasteiger partial charge >= 0.3 is 25.7 Å². The van der Waals surface area contributed by atoms with Crippen LogP contribution in [0.3, 0.4) is 0 Å². The molecule has 0 saturated carbocycles. The Balaban J connectivity index is 8.17. The Bertz CT molecular complexity index is 763. The van der Waals surface area contributed by atoms with E-state index in [4.69, 9.17) is 16.5 Å². The lowest BCUT2D eigenvalue weighted by atomic mass is 10.4. The van der Waals surface area contributed by atoms with Crippen molar-refractivity contribution in [1.29, 1.82) is 0 Å². The van der Waals surface area contributed by atoms with Crippen LogP contribution < -0.4 is 0 Å². The van der Waals surface area contributed by atoms with E-state index >= 15 is 0 Å². The number of hydrogen-bond donors (Lipinski definition) is 0. The third-order valence-corrected chi connectivity index (χ3v) is 39.6. The summed E-state index contributed by atoms with van der Waals surface area (Å²) in [5, 5.41) is 0. The zero-order valence-corrected chi connectivity index (χ0v) is 46.6. The van der Waals surface area contributed by atoms with Crippen molar-refractivity contribution >= 4 is 42.3 Å². The maximum absolute atomic E-state index is 8.54. The molecule has 0 atom stereocenters. The fraction of sp³-hybridized carbons (Fsp3) is 1.00. The van der Waals surface area contributed by atoms with E-state index in [9.17, 15) is 0 Å². The van der Waals surface area contributed by atoms with Crippen LogP contribution in [0.1, 0.15) is 237 Å². The van der Waals surface area contributed by atoms with Crippen molar-refractivity contribution in [2.45, 2.75) is 310 Å². The van der Waals surface area contributed by atoms with Gasteiger partial charge in [-0.05, 0) is 72.5 Å². The maximum Gasteiger partial charge on any atom is 0.320 e. The number of rotatable bonds is 44. The largest absolute Gasteiger partial charge is 0.436 e. The molecule has 0 rings (SSSR count). The molecule has 0 amide bonds. The average Bonchev–Trinajstić information content (AvgIpc) is 3.22. The molecule has 0 aliphatic rings. The summed E-state index contributed by atoms with van der Waals surface area (Å²) in [4.78, 5) is 0. The van der Waals surface area contributed by atoms with Crippen molar-refractivity contribution in [2.24, 2.45) is 0 Å². The zero-order valence-electron chi connectivity index (χ0n) is 41.6. The Hall–Kier alpha value is 0.924. The molecule has 0 aliphatic carbocycles. The highest BCUT2D eigenvalue weighted by atomic mass is 28.5. The summed E-state index contributed by atoms with van der Waals surface area (Å²) < 4.78 is 33.8. The van der Waals surface area contributed by atoms with Gasteiger partial charge in [-0.3, -0.25) is 0 Å². The molecule has 0 radical (unpaired) electrons. The van der Waals surface area contributed by atoms with Gasteiger partial charge in [0.05, 0.1) is 0 Å². The van der Waals surface area contributed by atoms with Gasteiger partial charge in [-0.1, -0.05) is 237 Å². The second-order valence-electron chi connectivity index (χ2n) is 18.7. The topological polar surface area (TPSA) is 36.9 Å². The Morgan fingerprint density at radius 3 is 0.491 bits per heavy atom. The summed E-state index contributed by atoms with van der Waals surface area (Å²) in [6, 6.07) is 14.9. The van der Waals surface area contributed by atoms with Gasteiger partial charge in [0.15, 0.2) is 16.6 Å². The normalized spacial score (nSPS) is 13.3. The standard InChI is InChI=1S/C48H108O4Si5/c1-13-25-37-53(38-26-14-2,39-27-15-3)49-55(43-31-19-7,44-32-20-8)51-57(47-35-23-11,48-36-24-12)52-56(45-33-21-9,46-34-22-10)50-54(40-28-16-4,41-29-17-5)42-30-18-6/h13-48H2,1-12H3. The molecule has 0 N–H and O–H groups in total. The first-order chi connectivity index (χ1) is 27.6. The third kappa shape index (κ3) is 23.8. The van der Waals surface area contributed by atoms with Crippen molar-refractivity contribution in [3.63, 3.8) is 0 Å². The highest BCUT2D eigenvalue weighted by Crippen LogP contribution is 2.44. The lowest BCUT2D eigenvalue weighted by Gasteiger charge is -2.51.